The zero-order valence-corrected chi connectivity index (χ0v) is 13.3. The predicted molar refractivity (Wildman–Crippen MR) is 87.0 cm³/mol. The molecule has 0 fully saturated rings. The molecule has 0 spiro atoms. The minimum Gasteiger partial charge on any atom is -0.365 e. The monoisotopic (exact) mass is 309 g/mol. The highest BCUT2D eigenvalue weighted by atomic mass is 15.5. The van der Waals surface area contributed by atoms with Crippen LogP contribution in [0.25, 0.3) is 11.4 Å². The molecule has 0 amide bonds. The standard InChI is InChI=1S/C16H19N7/c1-11(2)23-16(19-20-21-23)13-4-3-12-5-6-22(15(12)7-13)9-14-8-17-10-18-14/h3-4,7-8,10-11H,5-6,9H2,1-2H3,(H,17,18). The summed E-state index contributed by atoms with van der Waals surface area (Å²) in [6, 6.07) is 6.73. The van der Waals surface area contributed by atoms with Crippen molar-refractivity contribution in [2.75, 3.05) is 11.4 Å². The zero-order chi connectivity index (χ0) is 15.8. The highest BCUT2D eigenvalue weighted by Gasteiger charge is 2.22. The average Bonchev–Trinajstić information content (AvgIpc) is 3.27. The van der Waals surface area contributed by atoms with Gasteiger partial charge in [-0.1, -0.05) is 12.1 Å². The van der Waals surface area contributed by atoms with Crippen molar-refractivity contribution in [3.8, 4) is 11.4 Å². The number of nitrogens with one attached hydrogen (secondary N) is 1. The normalized spacial score (nSPS) is 13.8. The Balaban J connectivity index is 1.69. The summed E-state index contributed by atoms with van der Waals surface area (Å²) in [5.41, 5.74) is 4.73. The molecular formula is C16H19N7. The second-order valence-corrected chi connectivity index (χ2v) is 6.12. The van der Waals surface area contributed by atoms with Crippen LogP contribution >= 0.6 is 0 Å². The minimum atomic E-state index is 0.230. The molecule has 3 heterocycles. The first-order valence-electron chi connectivity index (χ1n) is 7.86. The van der Waals surface area contributed by atoms with E-state index in [4.69, 9.17) is 0 Å². The van der Waals surface area contributed by atoms with Crippen LogP contribution < -0.4 is 4.90 Å². The number of fused-ring (bicyclic) bond motifs is 1. The lowest BCUT2D eigenvalue weighted by Gasteiger charge is -2.18. The van der Waals surface area contributed by atoms with Crippen LogP contribution in [0.4, 0.5) is 5.69 Å². The van der Waals surface area contributed by atoms with E-state index in [2.05, 4.69) is 62.4 Å². The van der Waals surface area contributed by atoms with Gasteiger partial charge in [0, 0.05) is 24.0 Å². The Morgan fingerprint density at radius 3 is 3.00 bits per heavy atom. The molecule has 0 bridgehead atoms. The van der Waals surface area contributed by atoms with E-state index < -0.39 is 0 Å². The van der Waals surface area contributed by atoms with Crippen LogP contribution in [0.15, 0.2) is 30.7 Å². The summed E-state index contributed by atoms with van der Waals surface area (Å²) < 4.78 is 1.86. The van der Waals surface area contributed by atoms with Gasteiger partial charge < -0.3 is 9.88 Å². The number of aromatic nitrogens is 6. The lowest BCUT2D eigenvalue weighted by atomic mass is 10.1. The maximum Gasteiger partial charge on any atom is 0.182 e. The average molecular weight is 309 g/mol. The second kappa shape index (κ2) is 5.49. The van der Waals surface area contributed by atoms with Gasteiger partial charge in [-0.25, -0.2) is 9.67 Å². The molecular weight excluding hydrogens is 290 g/mol. The number of hydrogen-bond acceptors (Lipinski definition) is 5. The molecule has 4 rings (SSSR count). The molecule has 0 atom stereocenters. The molecule has 7 heteroatoms. The topological polar surface area (TPSA) is 75.5 Å². The molecule has 0 aliphatic carbocycles. The van der Waals surface area contributed by atoms with Gasteiger partial charge in [-0.15, -0.1) is 5.10 Å². The molecule has 0 radical (unpaired) electrons. The summed E-state index contributed by atoms with van der Waals surface area (Å²) in [6.07, 6.45) is 4.73. The summed E-state index contributed by atoms with van der Waals surface area (Å²) in [5, 5.41) is 12.1. The van der Waals surface area contributed by atoms with E-state index in [0.29, 0.717) is 0 Å². The Hall–Kier alpha value is -2.70. The number of imidazole rings is 1. The third-order valence-corrected chi connectivity index (χ3v) is 4.22. The molecule has 0 saturated heterocycles. The molecule has 1 aliphatic rings. The lowest BCUT2D eigenvalue weighted by Crippen LogP contribution is -2.19. The Morgan fingerprint density at radius 2 is 2.22 bits per heavy atom. The molecule has 23 heavy (non-hydrogen) atoms. The summed E-state index contributed by atoms with van der Waals surface area (Å²) in [6.45, 7) is 5.99. The van der Waals surface area contributed by atoms with Crippen molar-refractivity contribution >= 4 is 5.69 Å². The highest BCUT2D eigenvalue weighted by Crippen LogP contribution is 2.33. The van der Waals surface area contributed by atoms with Crippen molar-refractivity contribution in [3.05, 3.63) is 42.0 Å². The van der Waals surface area contributed by atoms with E-state index in [1.165, 1.54) is 11.3 Å². The van der Waals surface area contributed by atoms with Crippen LogP contribution in [0.2, 0.25) is 0 Å². The van der Waals surface area contributed by atoms with Gasteiger partial charge in [0.15, 0.2) is 5.82 Å². The van der Waals surface area contributed by atoms with E-state index >= 15 is 0 Å². The largest absolute Gasteiger partial charge is 0.365 e. The summed E-state index contributed by atoms with van der Waals surface area (Å²) in [7, 11) is 0. The first kappa shape index (κ1) is 13.9. The first-order valence-corrected chi connectivity index (χ1v) is 7.86. The Kier molecular flexibility index (Phi) is 3.33. The van der Waals surface area contributed by atoms with Crippen LogP contribution in [0.5, 0.6) is 0 Å². The fourth-order valence-corrected chi connectivity index (χ4v) is 3.05. The molecule has 1 aromatic carbocycles. The summed E-state index contributed by atoms with van der Waals surface area (Å²) in [5.74, 6) is 0.814. The van der Waals surface area contributed by atoms with E-state index in [-0.39, 0.29) is 6.04 Å². The van der Waals surface area contributed by atoms with Crippen molar-refractivity contribution in [3.63, 3.8) is 0 Å². The summed E-state index contributed by atoms with van der Waals surface area (Å²) in [4.78, 5) is 9.70. The maximum atomic E-state index is 4.33. The third-order valence-electron chi connectivity index (χ3n) is 4.22. The van der Waals surface area contributed by atoms with E-state index in [1.807, 2.05) is 10.9 Å². The van der Waals surface area contributed by atoms with Crippen LogP contribution in [-0.4, -0.2) is 36.7 Å². The molecule has 1 N–H and O–H groups in total. The fourth-order valence-electron chi connectivity index (χ4n) is 3.05. The number of anilines is 1. The molecule has 0 saturated carbocycles. The minimum absolute atomic E-state index is 0.230. The molecule has 0 unspecified atom stereocenters. The van der Waals surface area contributed by atoms with Gasteiger partial charge in [-0.3, -0.25) is 0 Å². The Morgan fingerprint density at radius 1 is 1.30 bits per heavy atom. The quantitative estimate of drug-likeness (QED) is 0.799. The van der Waals surface area contributed by atoms with Crippen LogP contribution in [0.3, 0.4) is 0 Å². The second-order valence-electron chi connectivity index (χ2n) is 6.12. The maximum absolute atomic E-state index is 4.33. The van der Waals surface area contributed by atoms with Gasteiger partial charge in [0.25, 0.3) is 0 Å². The first-order chi connectivity index (χ1) is 11.2. The van der Waals surface area contributed by atoms with Gasteiger partial charge in [-0.2, -0.15) is 0 Å². The number of benzene rings is 1. The van der Waals surface area contributed by atoms with Crippen molar-refractivity contribution < 1.29 is 0 Å². The number of hydrogen-bond donors (Lipinski definition) is 1. The Labute approximate surface area is 134 Å². The lowest BCUT2D eigenvalue weighted by molar-refractivity contribution is 0.519. The Bertz CT molecular complexity index is 804. The molecule has 1 aliphatic heterocycles. The molecule has 118 valence electrons. The van der Waals surface area contributed by atoms with Crippen LogP contribution in [0.1, 0.15) is 31.1 Å². The van der Waals surface area contributed by atoms with E-state index in [1.54, 1.807) is 6.33 Å². The van der Waals surface area contributed by atoms with Gasteiger partial charge in [0.2, 0.25) is 0 Å². The number of nitrogens with zero attached hydrogens (tertiary/aromatic N) is 6. The number of H-pyrrole nitrogens is 1. The smallest absolute Gasteiger partial charge is 0.182 e. The van der Waals surface area contributed by atoms with Crippen molar-refractivity contribution in [2.45, 2.75) is 32.9 Å². The third kappa shape index (κ3) is 2.48. The van der Waals surface area contributed by atoms with Crippen molar-refractivity contribution in [1.82, 2.24) is 30.2 Å². The summed E-state index contributed by atoms with van der Waals surface area (Å²) >= 11 is 0. The van der Waals surface area contributed by atoms with E-state index in [9.17, 15) is 0 Å². The fraction of sp³-hybridized carbons (Fsp3) is 0.375. The molecule has 7 nitrogen and oxygen atoms in total. The SMILES string of the molecule is CC(C)n1nnnc1-c1ccc2c(c1)N(Cc1c[nH]cn1)CC2. The van der Waals surface area contributed by atoms with Crippen molar-refractivity contribution in [1.29, 1.82) is 0 Å². The van der Waals surface area contributed by atoms with Crippen molar-refractivity contribution in [2.24, 2.45) is 0 Å². The van der Waals surface area contributed by atoms with Crippen LogP contribution in [-0.2, 0) is 13.0 Å². The van der Waals surface area contributed by atoms with Gasteiger partial charge >= 0.3 is 0 Å². The van der Waals surface area contributed by atoms with Gasteiger partial charge in [0.05, 0.1) is 24.6 Å². The van der Waals surface area contributed by atoms with Crippen LogP contribution in [0, 0.1) is 0 Å². The predicted octanol–water partition coefficient (Wildman–Crippen LogP) is 2.21. The van der Waals surface area contributed by atoms with Gasteiger partial charge in [-0.05, 0) is 42.3 Å². The molecule has 2 aromatic heterocycles. The zero-order valence-electron chi connectivity index (χ0n) is 13.3. The number of rotatable bonds is 4. The number of tetrazole rings is 1. The van der Waals surface area contributed by atoms with E-state index in [0.717, 1.165) is 36.6 Å². The number of aromatic amines is 1. The van der Waals surface area contributed by atoms with Gasteiger partial charge in [0.1, 0.15) is 0 Å². The molecule has 3 aromatic rings. The highest BCUT2D eigenvalue weighted by molar-refractivity contribution is 5.68.